The average Bonchev–Trinajstić information content (AvgIpc) is 2.55. The molecule has 0 saturated heterocycles. The van der Waals surface area contributed by atoms with E-state index in [4.69, 9.17) is 9.47 Å². The summed E-state index contributed by atoms with van der Waals surface area (Å²) in [5.74, 6) is 0.408. The molecule has 0 radical (unpaired) electrons. The van der Waals surface area contributed by atoms with Crippen molar-refractivity contribution in [3.63, 3.8) is 0 Å². The summed E-state index contributed by atoms with van der Waals surface area (Å²) < 4.78 is 10.1. The monoisotopic (exact) mass is 305 g/mol. The second-order valence-corrected chi connectivity index (χ2v) is 5.74. The van der Waals surface area contributed by atoms with Crippen LogP contribution in [0.2, 0.25) is 0 Å². The van der Waals surface area contributed by atoms with Crippen molar-refractivity contribution in [2.24, 2.45) is 5.92 Å². The van der Waals surface area contributed by atoms with Crippen molar-refractivity contribution >= 4 is 11.9 Å². The number of esters is 1. The van der Waals surface area contributed by atoms with Crippen LogP contribution in [-0.4, -0.2) is 31.6 Å². The molecule has 1 aliphatic carbocycles. The number of amides is 1. The Hall–Kier alpha value is -2.04. The molecule has 1 fully saturated rings. The third-order valence-electron chi connectivity index (χ3n) is 4.12. The lowest BCUT2D eigenvalue weighted by atomic mass is 9.86. The lowest BCUT2D eigenvalue weighted by Gasteiger charge is -2.29. The minimum atomic E-state index is -0.505. The molecule has 120 valence electrons. The number of nitrogens with one attached hydrogen (secondary N) is 1. The van der Waals surface area contributed by atoms with Crippen LogP contribution in [0.25, 0.3) is 0 Å². The Morgan fingerprint density at radius 2 is 1.86 bits per heavy atom. The van der Waals surface area contributed by atoms with E-state index in [0.29, 0.717) is 17.2 Å². The second kappa shape index (κ2) is 7.82. The predicted octanol–water partition coefficient (Wildman–Crippen LogP) is 2.55. The molecule has 0 aromatic heterocycles. The Balaban J connectivity index is 1.78. The number of carbonyl (C=O) groups is 2. The molecule has 5 heteroatoms. The van der Waals surface area contributed by atoms with E-state index < -0.39 is 5.97 Å². The lowest BCUT2D eigenvalue weighted by molar-refractivity contribution is -0.125. The van der Waals surface area contributed by atoms with Gasteiger partial charge in [0, 0.05) is 6.04 Å². The van der Waals surface area contributed by atoms with Gasteiger partial charge in [-0.2, -0.15) is 0 Å². The minimum Gasteiger partial charge on any atom is -0.497 e. The smallest absolute Gasteiger partial charge is 0.338 e. The van der Waals surface area contributed by atoms with E-state index in [1.807, 2.05) is 0 Å². The largest absolute Gasteiger partial charge is 0.497 e. The summed E-state index contributed by atoms with van der Waals surface area (Å²) in [5, 5.41) is 2.96. The number of rotatable bonds is 5. The zero-order valence-corrected chi connectivity index (χ0v) is 13.1. The fourth-order valence-electron chi connectivity index (χ4n) is 2.72. The van der Waals surface area contributed by atoms with E-state index in [9.17, 15) is 9.59 Å². The number of ether oxygens (including phenoxy) is 2. The topological polar surface area (TPSA) is 64.6 Å². The van der Waals surface area contributed by atoms with Gasteiger partial charge in [-0.1, -0.05) is 19.8 Å². The molecular formula is C17H23NO4. The van der Waals surface area contributed by atoms with Gasteiger partial charge in [-0.25, -0.2) is 4.79 Å². The number of hydrogen-bond acceptors (Lipinski definition) is 4. The molecule has 1 saturated carbocycles. The molecule has 1 N–H and O–H groups in total. The Kier molecular flexibility index (Phi) is 5.81. The standard InChI is InChI=1S/C17H23NO4/c1-12-5-3-4-6-15(12)18-16(19)11-22-17(20)13-7-9-14(21-2)10-8-13/h7-10,12,15H,3-6,11H2,1-2H3,(H,18,19). The van der Waals surface area contributed by atoms with Gasteiger partial charge in [0.25, 0.3) is 5.91 Å². The molecule has 2 unspecified atom stereocenters. The summed E-state index contributed by atoms with van der Waals surface area (Å²) in [6.07, 6.45) is 4.50. The highest BCUT2D eigenvalue weighted by Gasteiger charge is 2.23. The van der Waals surface area contributed by atoms with E-state index in [-0.39, 0.29) is 18.6 Å². The zero-order chi connectivity index (χ0) is 15.9. The van der Waals surface area contributed by atoms with Crippen LogP contribution < -0.4 is 10.1 Å². The molecule has 0 aliphatic heterocycles. The van der Waals surface area contributed by atoms with Crippen molar-refractivity contribution in [3.8, 4) is 5.75 Å². The van der Waals surface area contributed by atoms with Crippen LogP contribution in [0.1, 0.15) is 43.0 Å². The molecule has 22 heavy (non-hydrogen) atoms. The van der Waals surface area contributed by atoms with Gasteiger partial charge in [0.05, 0.1) is 12.7 Å². The van der Waals surface area contributed by atoms with Gasteiger partial charge in [0.1, 0.15) is 5.75 Å². The maximum absolute atomic E-state index is 11.9. The van der Waals surface area contributed by atoms with Crippen molar-refractivity contribution in [2.45, 2.75) is 38.6 Å². The normalized spacial score (nSPS) is 21.0. The van der Waals surface area contributed by atoms with E-state index in [1.165, 1.54) is 6.42 Å². The van der Waals surface area contributed by atoms with Gasteiger partial charge >= 0.3 is 5.97 Å². The fourth-order valence-corrected chi connectivity index (χ4v) is 2.72. The highest BCUT2D eigenvalue weighted by atomic mass is 16.5. The Labute approximate surface area is 131 Å². The van der Waals surface area contributed by atoms with Gasteiger partial charge < -0.3 is 14.8 Å². The molecule has 0 bridgehead atoms. The van der Waals surface area contributed by atoms with Gasteiger partial charge in [-0.05, 0) is 43.0 Å². The highest BCUT2D eigenvalue weighted by Crippen LogP contribution is 2.23. The number of carbonyl (C=O) groups excluding carboxylic acids is 2. The molecule has 0 heterocycles. The minimum absolute atomic E-state index is 0.195. The summed E-state index contributed by atoms with van der Waals surface area (Å²) in [7, 11) is 1.56. The predicted molar refractivity (Wildman–Crippen MR) is 82.8 cm³/mol. The van der Waals surface area contributed by atoms with Crippen LogP contribution >= 0.6 is 0 Å². The maximum Gasteiger partial charge on any atom is 0.338 e. The molecule has 1 aromatic rings. The summed E-state index contributed by atoms with van der Waals surface area (Å²) in [6.45, 7) is 1.90. The second-order valence-electron chi connectivity index (χ2n) is 5.74. The molecule has 2 rings (SSSR count). The summed E-state index contributed by atoms with van der Waals surface area (Å²) in [5.41, 5.74) is 0.402. The molecule has 1 aliphatic rings. The first kappa shape index (κ1) is 16.3. The Morgan fingerprint density at radius 1 is 1.18 bits per heavy atom. The van der Waals surface area contributed by atoms with Crippen LogP contribution in [0, 0.1) is 5.92 Å². The third kappa shape index (κ3) is 4.48. The summed E-state index contributed by atoms with van der Waals surface area (Å²) in [4.78, 5) is 23.7. The number of hydrogen-bond donors (Lipinski definition) is 1. The number of methoxy groups -OCH3 is 1. The van der Waals surface area contributed by atoms with Gasteiger partial charge in [0.15, 0.2) is 6.61 Å². The van der Waals surface area contributed by atoms with Crippen molar-refractivity contribution in [2.75, 3.05) is 13.7 Å². The first-order valence-electron chi connectivity index (χ1n) is 7.70. The highest BCUT2D eigenvalue weighted by molar-refractivity contribution is 5.91. The van der Waals surface area contributed by atoms with E-state index in [1.54, 1.807) is 31.4 Å². The first-order valence-corrected chi connectivity index (χ1v) is 7.70. The first-order chi connectivity index (χ1) is 10.6. The van der Waals surface area contributed by atoms with Crippen molar-refractivity contribution in [3.05, 3.63) is 29.8 Å². The van der Waals surface area contributed by atoms with Crippen LogP contribution in [0.3, 0.4) is 0 Å². The van der Waals surface area contributed by atoms with Gasteiger partial charge in [-0.3, -0.25) is 4.79 Å². The van der Waals surface area contributed by atoms with Gasteiger partial charge in [0.2, 0.25) is 0 Å². The van der Waals surface area contributed by atoms with E-state index >= 15 is 0 Å². The van der Waals surface area contributed by atoms with Gasteiger partial charge in [-0.15, -0.1) is 0 Å². The quantitative estimate of drug-likeness (QED) is 0.849. The van der Waals surface area contributed by atoms with E-state index in [0.717, 1.165) is 19.3 Å². The molecule has 5 nitrogen and oxygen atoms in total. The lowest BCUT2D eigenvalue weighted by Crippen LogP contribution is -2.42. The van der Waals surface area contributed by atoms with E-state index in [2.05, 4.69) is 12.2 Å². The third-order valence-corrected chi connectivity index (χ3v) is 4.12. The fraction of sp³-hybridized carbons (Fsp3) is 0.529. The average molecular weight is 305 g/mol. The van der Waals surface area contributed by atoms with Crippen LogP contribution in [0.4, 0.5) is 0 Å². The maximum atomic E-state index is 11.9. The van der Waals surface area contributed by atoms with Crippen molar-refractivity contribution < 1.29 is 19.1 Å². The van der Waals surface area contributed by atoms with Crippen molar-refractivity contribution in [1.29, 1.82) is 0 Å². The molecule has 2 atom stereocenters. The SMILES string of the molecule is COc1ccc(C(=O)OCC(=O)NC2CCCCC2C)cc1. The zero-order valence-electron chi connectivity index (χ0n) is 13.1. The Morgan fingerprint density at radius 3 is 2.50 bits per heavy atom. The summed E-state index contributed by atoms with van der Waals surface area (Å²) in [6, 6.07) is 6.78. The van der Waals surface area contributed by atoms with Crippen molar-refractivity contribution in [1.82, 2.24) is 5.32 Å². The molecule has 1 aromatic carbocycles. The molecule has 1 amide bonds. The van der Waals surface area contributed by atoms with Crippen LogP contribution in [0.5, 0.6) is 5.75 Å². The van der Waals surface area contributed by atoms with Crippen LogP contribution in [0.15, 0.2) is 24.3 Å². The molecular weight excluding hydrogens is 282 g/mol. The molecule has 0 spiro atoms. The number of benzene rings is 1. The summed E-state index contributed by atoms with van der Waals surface area (Å²) >= 11 is 0. The van der Waals surface area contributed by atoms with Crippen LogP contribution in [-0.2, 0) is 9.53 Å². The Bertz CT molecular complexity index is 512.